The summed E-state index contributed by atoms with van der Waals surface area (Å²) in [5.74, 6) is 0.0690. The van der Waals surface area contributed by atoms with Gasteiger partial charge in [-0.05, 0) is 23.8 Å². The van der Waals surface area contributed by atoms with E-state index in [2.05, 4.69) is 0 Å². The highest BCUT2D eigenvalue weighted by Crippen LogP contribution is 2.34. The second-order valence-corrected chi connectivity index (χ2v) is 5.08. The fourth-order valence-electron chi connectivity index (χ4n) is 2.16. The summed E-state index contributed by atoms with van der Waals surface area (Å²) in [7, 11) is 0. The van der Waals surface area contributed by atoms with Crippen LogP contribution in [-0.4, -0.2) is 25.4 Å². The summed E-state index contributed by atoms with van der Waals surface area (Å²) in [5, 5.41) is 20.2. The molecule has 100 valence electrons. The Morgan fingerprint density at radius 3 is 2.84 bits per heavy atom. The molecule has 1 aliphatic carbocycles. The zero-order valence-corrected chi connectivity index (χ0v) is 10.8. The smallest absolute Gasteiger partial charge is 0.261 e. The number of hydrogen-bond donors (Lipinski definition) is 2. The number of rotatable bonds is 4. The van der Waals surface area contributed by atoms with Crippen LogP contribution in [0.1, 0.15) is 5.56 Å². The first-order chi connectivity index (χ1) is 9.08. The Bertz CT molecular complexity index is 543. The largest absolute Gasteiger partial charge is 0.508 e. The van der Waals surface area contributed by atoms with Gasteiger partial charge in [0.15, 0.2) is 0 Å². The maximum absolute atomic E-state index is 11.5. The molecule has 0 radical (unpaired) electrons. The van der Waals surface area contributed by atoms with Gasteiger partial charge >= 0.3 is 0 Å². The first-order valence-corrected chi connectivity index (χ1v) is 6.51. The van der Waals surface area contributed by atoms with Crippen molar-refractivity contribution in [3.05, 3.63) is 64.2 Å². The van der Waals surface area contributed by atoms with Crippen molar-refractivity contribution in [2.45, 2.75) is 17.2 Å². The fourth-order valence-corrected chi connectivity index (χ4v) is 2.75. The first kappa shape index (κ1) is 13.6. The number of phenols is 1. The van der Waals surface area contributed by atoms with E-state index in [9.17, 15) is 19.8 Å². The molecule has 6 heteroatoms. The van der Waals surface area contributed by atoms with Gasteiger partial charge in [-0.1, -0.05) is 30.4 Å². The molecule has 5 nitrogen and oxygen atoms in total. The van der Waals surface area contributed by atoms with Crippen LogP contribution in [0.5, 0.6) is 5.75 Å². The van der Waals surface area contributed by atoms with Gasteiger partial charge in [-0.2, -0.15) is 0 Å². The summed E-state index contributed by atoms with van der Waals surface area (Å²) >= 11 is 0.462. The Morgan fingerprint density at radius 2 is 2.21 bits per heavy atom. The Morgan fingerprint density at radius 1 is 1.42 bits per heavy atom. The summed E-state index contributed by atoms with van der Waals surface area (Å²) in [6, 6.07) is 6.37. The van der Waals surface area contributed by atoms with E-state index < -0.39 is 10.8 Å². The number of nitrogens with zero attached hydrogens (tertiary/aromatic N) is 1. The van der Waals surface area contributed by atoms with Gasteiger partial charge in [0.2, 0.25) is 0 Å². The topological polar surface area (TPSA) is 83.6 Å². The van der Waals surface area contributed by atoms with Crippen LogP contribution in [0.25, 0.3) is 0 Å². The molecule has 0 spiro atoms. The second kappa shape index (κ2) is 5.46. The van der Waals surface area contributed by atoms with Crippen LogP contribution < -0.4 is 0 Å². The number of benzene rings is 1. The van der Waals surface area contributed by atoms with Gasteiger partial charge in [0, 0.05) is 23.4 Å². The average molecular weight is 279 g/mol. The molecule has 2 unspecified atom stereocenters. The van der Waals surface area contributed by atoms with E-state index in [1.165, 1.54) is 18.2 Å². The monoisotopic (exact) mass is 279 g/mol. The van der Waals surface area contributed by atoms with Crippen molar-refractivity contribution in [2.24, 2.45) is 0 Å². The molecule has 0 heterocycles. The number of aromatic hydroxyl groups is 1. The van der Waals surface area contributed by atoms with E-state index in [0.717, 1.165) is 0 Å². The SMILES string of the molecule is O=[N+]([O-])C1(Cc2cccc(O)c2)C=CC=CC1SO. The summed E-state index contributed by atoms with van der Waals surface area (Å²) in [5.41, 5.74) is -0.752. The third-order valence-corrected chi connectivity index (χ3v) is 3.92. The zero-order chi connectivity index (χ0) is 13.9. The van der Waals surface area contributed by atoms with E-state index in [1.807, 2.05) is 0 Å². The van der Waals surface area contributed by atoms with Crippen molar-refractivity contribution in [3.63, 3.8) is 0 Å². The minimum Gasteiger partial charge on any atom is -0.508 e. The van der Waals surface area contributed by atoms with Crippen LogP contribution in [-0.2, 0) is 6.42 Å². The molecular formula is C13H13NO4S. The van der Waals surface area contributed by atoms with Crippen molar-refractivity contribution in [2.75, 3.05) is 0 Å². The molecule has 0 fully saturated rings. The maximum atomic E-state index is 11.5. The lowest BCUT2D eigenvalue weighted by Crippen LogP contribution is -2.48. The molecule has 0 saturated heterocycles. The van der Waals surface area contributed by atoms with Gasteiger partial charge in [0.25, 0.3) is 5.54 Å². The van der Waals surface area contributed by atoms with E-state index in [-0.39, 0.29) is 17.1 Å². The number of nitro groups is 1. The molecule has 1 aliphatic rings. The molecule has 0 aliphatic heterocycles. The molecule has 19 heavy (non-hydrogen) atoms. The average Bonchev–Trinajstić information content (AvgIpc) is 2.39. The van der Waals surface area contributed by atoms with Crippen LogP contribution >= 0.6 is 12.0 Å². The molecule has 2 N–H and O–H groups in total. The Hall–Kier alpha value is -1.79. The second-order valence-electron chi connectivity index (χ2n) is 4.37. The minimum absolute atomic E-state index is 0.0690. The Balaban J connectivity index is 2.38. The van der Waals surface area contributed by atoms with Crippen molar-refractivity contribution < 1.29 is 14.6 Å². The number of allylic oxidation sites excluding steroid dienone is 2. The lowest BCUT2D eigenvalue weighted by molar-refractivity contribution is -0.552. The quantitative estimate of drug-likeness (QED) is 0.503. The highest BCUT2D eigenvalue weighted by atomic mass is 32.2. The normalized spacial score (nSPS) is 25.4. The third-order valence-electron chi connectivity index (χ3n) is 3.13. The predicted octanol–water partition coefficient (Wildman–Crippen LogP) is 2.65. The molecule has 0 aromatic heterocycles. The highest BCUT2D eigenvalue weighted by Gasteiger charge is 2.48. The van der Waals surface area contributed by atoms with Crippen molar-refractivity contribution in [1.82, 2.24) is 0 Å². The third kappa shape index (κ3) is 2.64. The van der Waals surface area contributed by atoms with Crippen molar-refractivity contribution in [3.8, 4) is 5.75 Å². The standard InChI is InChI=1S/C13H13NO4S/c15-11-5-3-4-10(8-11)9-13(14(16)17)7-2-1-6-12(13)19-18/h1-8,12,15,18H,9H2. The van der Waals surface area contributed by atoms with Gasteiger partial charge in [-0.3, -0.25) is 10.1 Å². The van der Waals surface area contributed by atoms with Crippen LogP contribution in [0.4, 0.5) is 0 Å². The Labute approximate surface area is 114 Å². The number of phenolic OH excluding ortho intramolecular Hbond substituents is 1. The summed E-state index contributed by atoms with van der Waals surface area (Å²) < 4.78 is 9.29. The van der Waals surface area contributed by atoms with Gasteiger partial charge in [-0.15, -0.1) is 0 Å². The van der Waals surface area contributed by atoms with E-state index in [0.29, 0.717) is 17.6 Å². The maximum Gasteiger partial charge on any atom is 0.261 e. The van der Waals surface area contributed by atoms with Crippen LogP contribution in [0.15, 0.2) is 48.6 Å². The van der Waals surface area contributed by atoms with Gasteiger partial charge in [0.1, 0.15) is 11.0 Å². The molecular weight excluding hydrogens is 266 g/mol. The molecule has 0 bridgehead atoms. The molecule has 1 aromatic rings. The van der Waals surface area contributed by atoms with Gasteiger partial charge in [0.05, 0.1) is 0 Å². The molecule has 2 rings (SSSR count). The molecule has 0 saturated carbocycles. The Kier molecular flexibility index (Phi) is 3.92. The minimum atomic E-state index is -1.40. The molecule has 2 atom stereocenters. The predicted molar refractivity (Wildman–Crippen MR) is 73.8 cm³/mol. The lowest BCUT2D eigenvalue weighted by atomic mass is 9.85. The fraction of sp³-hybridized carbons (Fsp3) is 0.231. The summed E-state index contributed by atoms with van der Waals surface area (Å²) in [4.78, 5) is 11.1. The highest BCUT2D eigenvalue weighted by molar-refractivity contribution is 7.94. The van der Waals surface area contributed by atoms with Gasteiger partial charge in [-0.25, -0.2) is 0 Å². The zero-order valence-electron chi connectivity index (χ0n) is 9.97. The summed E-state index contributed by atoms with van der Waals surface area (Å²) in [6.07, 6.45) is 6.49. The van der Waals surface area contributed by atoms with Crippen LogP contribution in [0.3, 0.4) is 0 Å². The van der Waals surface area contributed by atoms with Gasteiger partial charge < -0.3 is 9.66 Å². The number of hydrogen-bond acceptors (Lipinski definition) is 5. The lowest BCUT2D eigenvalue weighted by Gasteiger charge is -2.28. The van der Waals surface area contributed by atoms with Crippen LogP contribution in [0.2, 0.25) is 0 Å². The van der Waals surface area contributed by atoms with E-state index >= 15 is 0 Å². The van der Waals surface area contributed by atoms with E-state index in [4.69, 9.17) is 0 Å². The van der Waals surface area contributed by atoms with Crippen molar-refractivity contribution in [1.29, 1.82) is 0 Å². The first-order valence-electron chi connectivity index (χ1n) is 5.67. The molecule has 0 amide bonds. The van der Waals surface area contributed by atoms with Crippen LogP contribution in [0, 0.1) is 10.1 Å². The van der Waals surface area contributed by atoms with E-state index in [1.54, 1.807) is 30.4 Å². The summed E-state index contributed by atoms with van der Waals surface area (Å²) in [6.45, 7) is 0. The van der Waals surface area contributed by atoms with Crippen molar-refractivity contribution >= 4 is 12.0 Å². The molecule has 1 aromatic carbocycles.